The average Bonchev–Trinajstić information content (AvgIpc) is 2.37. The number of halogens is 3. The van der Waals surface area contributed by atoms with Gasteiger partial charge in [0.2, 0.25) is 0 Å². The van der Waals surface area contributed by atoms with Crippen molar-refractivity contribution in [3.8, 4) is 11.5 Å². The van der Waals surface area contributed by atoms with E-state index in [-0.39, 0.29) is 5.75 Å². The zero-order chi connectivity index (χ0) is 16.2. The molecule has 0 amide bonds. The number of benzene rings is 1. The highest BCUT2D eigenvalue weighted by Gasteiger charge is 2.28. The fraction of sp³-hybridized carbons (Fsp3) is 0.385. The molecule has 0 atom stereocenters. The lowest BCUT2D eigenvalue weighted by molar-refractivity contribution is -0.493. The number of hydrogen-bond acceptors (Lipinski definition) is 4. The zero-order valence-corrected chi connectivity index (χ0v) is 11.4. The van der Waals surface area contributed by atoms with Gasteiger partial charge in [0.25, 0.3) is 0 Å². The molecule has 1 aromatic carbocycles. The van der Waals surface area contributed by atoms with Gasteiger partial charge >= 0.3 is 6.18 Å². The normalized spacial score (nSPS) is 13.5. The molecule has 0 unspecified atom stereocenters. The molecule has 1 aliphatic heterocycles. The molecule has 0 saturated heterocycles. The molecule has 21 heavy (non-hydrogen) atoms. The second-order valence-electron chi connectivity index (χ2n) is 4.37. The standard InChI is InChI=1S/C11H13NO2.C2HF3O2/c1-12-4-3-8-6-11(14-2)10(13)5-9(8)7-12;3-2(4,5)1(6)7/h5-7H,3-4H2,1-2H3;(H,6,7). The summed E-state index contributed by atoms with van der Waals surface area (Å²) in [7, 11) is 3.60. The van der Waals surface area contributed by atoms with E-state index in [0.717, 1.165) is 18.5 Å². The van der Waals surface area contributed by atoms with Crippen molar-refractivity contribution in [2.45, 2.75) is 12.6 Å². The number of carboxylic acids is 1. The van der Waals surface area contributed by atoms with Crippen molar-refractivity contribution in [2.75, 3.05) is 20.7 Å². The van der Waals surface area contributed by atoms with E-state index in [4.69, 9.17) is 14.6 Å². The van der Waals surface area contributed by atoms with E-state index >= 15 is 0 Å². The summed E-state index contributed by atoms with van der Waals surface area (Å²) in [5.41, 5.74) is 2.31. The zero-order valence-electron chi connectivity index (χ0n) is 11.4. The molecule has 1 N–H and O–H groups in total. The fourth-order valence-electron chi connectivity index (χ4n) is 1.73. The molecule has 116 valence electrons. The molecule has 0 aliphatic carbocycles. The lowest BCUT2D eigenvalue weighted by Crippen LogP contribution is -2.37. The number of alkyl halides is 3. The minimum absolute atomic E-state index is 0.206. The molecule has 0 fully saturated rings. The van der Waals surface area contributed by atoms with Crippen LogP contribution < -0.4 is 9.84 Å². The van der Waals surface area contributed by atoms with Crippen LogP contribution in [0.25, 0.3) is 0 Å². The molecular weight excluding hydrogens is 291 g/mol. The maximum Gasteiger partial charge on any atom is 0.430 e. The summed E-state index contributed by atoms with van der Waals surface area (Å²) in [6.45, 7) is 1.01. The minimum Gasteiger partial charge on any atom is -0.542 e. The number of carbonyl (C=O) groups excluding carboxylic acids is 1. The summed E-state index contributed by atoms with van der Waals surface area (Å²) in [4.78, 5) is 8.78. The molecule has 8 heteroatoms. The number of methoxy groups -OCH3 is 1. The number of fused-ring (bicyclic) bond motifs is 1. The predicted octanol–water partition coefficient (Wildman–Crippen LogP) is 0.317. The SMILES string of the molecule is COc1cc2c(cc1O)C=[N+](C)CC2.O=C([O-])C(F)(F)F. The van der Waals surface area contributed by atoms with Crippen molar-refractivity contribution in [1.82, 2.24) is 0 Å². The van der Waals surface area contributed by atoms with E-state index in [1.54, 1.807) is 13.2 Å². The first-order valence-electron chi connectivity index (χ1n) is 5.88. The summed E-state index contributed by atoms with van der Waals surface area (Å²) in [6.07, 6.45) is -2.16. The largest absolute Gasteiger partial charge is 0.542 e. The minimum atomic E-state index is -5.19. The van der Waals surface area contributed by atoms with Gasteiger partial charge in [-0.25, -0.2) is 4.58 Å². The number of aliphatic carboxylic acids is 1. The molecule has 0 aromatic heterocycles. The molecule has 2 rings (SSSR count). The topological polar surface area (TPSA) is 72.6 Å². The van der Waals surface area contributed by atoms with Crippen LogP contribution in [0.3, 0.4) is 0 Å². The smallest absolute Gasteiger partial charge is 0.430 e. The van der Waals surface area contributed by atoms with E-state index in [9.17, 15) is 18.3 Å². The summed E-state index contributed by atoms with van der Waals surface area (Å²) < 4.78 is 38.7. The Morgan fingerprint density at radius 1 is 1.43 bits per heavy atom. The summed E-state index contributed by atoms with van der Waals surface area (Å²) >= 11 is 0. The van der Waals surface area contributed by atoms with Gasteiger partial charge in [0, 0.05) is 12.0 Å². The van der Waals surface area contributed by atoms with Crippen molar-refractivity contribution < 1.29 is 37.5 Å². The number of ether oxygens (including phenoxy) is 1. The maximum absolute atomic E-state index is 10.5. The highest BCUT2D eigenvalue weighted by atomic mass is 19.4. The van der Waals surface area contributed by atoms with Crippen LogP contribution >= 0.6 is 0 Å². The van der Waals surface area contributed by atoms with E-state index in [2.05, 4.69) is 4.58 Å². The van der Waals surface area contributed by atoms with Crippen LogP contribution in [0.2, 0.25) is 0 Å². The number of phenolic OH excluding ortho intramolecular Hbond substituents is 1. The van der Waals surface area contributed by atoms with Gasteiger partial charge in [-0.05, 0) is 17.7 Å². The fourth-order valence-corrected chi connectivity index (χ4v) is 1.73. The molecule has 1 aliphatic rings. The number of carbonyl (C=O) groups is 1. The number of hydrogen-bond donors (Lipinski definition) is 1. The Balaban J connectivity index is 0.000000270. The molecule has 1 heterocycles. The van der Waals surface area contributed by atoms with Gasteiger partial charge in [0.05, 0.1) is 7.11 Å². The first-order chi connectivity index (χ1) is 9.65. The Labute approximate surface area is 118 Å². The third kappa shape index (κ3) is 4.66. The van der Waals surface area contributed by atoms with Crippen molar-refractivity contribution in [3.63, 3.8) is 0 Å². The lowest BCUT2D eigenvalue weighted by Gasteiger charge is -2.12. The van der Waals surface area contributed by atoms with E-state index < -0.39 is 12.1 Å². The summed E-state index contributed by atoms with van der Waals surface area (Å²) in [5.74, 6) is -2.24. The van der Waals surface area contributed by atoms with Crippen LogP contribution in [-0.2, 0) is 11.2 Å². The number of carboxylic acid groups (broad SMARTS) is 1. The van der Waals surface area contributed by atoms with Crippen LogP contribution in [0.5, 0.6) is 11.5 Å². The second-order valence-corrected chi connectivity index (χ2v) is 4.37. The van der Waals surface area contributed by atoms with E-state index in [1.807, 2.05) is 19.3 Å². The Hall–Kier alpha value is -2.25. The monoisotopic (exact) mass is 305 g/mol. The molecule has 0 bridgehead atoms. The summed E-state index contributed by atoms with van der Waals surface area (Å²) in [6, 6.07) is 3.66. The molecule has 0 spiro atoms. The van der Waals surface area contributed by atoms with Crippen LogP contribution in [0.1, 0.15) is 11.1 Å². The van der Waals surface area contributed by atoms with E-state index in [1.165, 1.54) is 5.56 Å². The number of nitrogens with zero attached hydrogens (tertiary/aromatic N) is 1. The number of aromatic hydroxyl groups is 1. The van der Waals surface area contributed by atoms with Crippen LogP contribution in [-0.4, -0.2) is 48.7 Å². The average molecular weight is 305 g/mol. The van der Waals surface area contributed by atoms with E-state index in [0.29, 0.717) is 5.75 Å². The van der Waals surface area contributed by atoms with Crippen LogP contribution in [0, 0.1) is 0 Å². The predicted molar refractivity (Wildman–Crippen MR) is 65.6 cm³/mol. The Morgan fingerprint density at radius 3 is 2.48 bits per heavy atom. The lowest BCUT2D eigenvalue weighted by atomic mass is 10.0. The summed E-state index contributed by atoms with van der Waals surface area (Å²) in [5, 5.41) is 18.4. The van der Waals surface area contributed by atoms with Gasteiger partial charge in [0.15, 0.2) is 17.7 Å². The van der Waals surface area contributed by atoms with Crippen LogP contribution in [0.15, 0.2) is 12.1 Å². The third-order valence-corrected chi connectivity index (χ3v) is 2.77. The van der Waals surface area contributed by atoms with Gasteiger partial charge in [0.1, 0.15) is 19.6 Å². The van der Waals surface area contributed by atoms with Crippen molar-refractivity contribution >= 4 is 12.2 Å². The first kappa shape index (κ1) is 16.8. The van der Waals surface area contributed by atoms with Crippen molar-refractivity contribution in [3.05, 3.63) is 23.3 Å². The second kappa shape index (κ2) is 6.47. The molecule has 5 nitrogen and oxygen atoms in total. The van der Waals surface area contributed by atoms with Crippen molar-refractivity contribution in [2.24, 2.45) is 0 Å². The van der Waals surface area contributed by atoms with Gasteiger partial charge in [-0.3, -0.25) is 0 Å². The number of phenols is 1. The molecular formula is C13H14F3NO4. The van der Waals surface area contributed by atoms with Gasteiger partial charge < -0.3 is 19.7 Å². The number of rotatable bonds is 1. The third-order valence-electron chi connectivity index (χ3n) is 2.77. The molecule has 1 aromatic rings. The first-order valence-corrected chi connectivity index (χ1v) is 5.88. The molecule has 0 radical (unpaired) electrons. The maximum atomic E-state index is 10.5. The van der Waals surface area contributed by atoms with Gasteiger partial charge in [-0.2, -0.15) is 13.2 Å². The highest BCUT2D eigenvalue weighted by Crippen LogP contribution is 2.29. The Kier molecular flexibility index (Phi) is 5.17. The van der Waals surface area contributed by atoms with Crippen molar-refractivity contribution in [1.29, 1.82) is 0 Å². The quantitative estimate of drug-likeness (QED) is 0.758. The highest BCUT2D eigenvalue weighted by molar-refractivity contribution is 5.80. The Morgan fingerprint density at radius 2 is 2.00 bits per heavy atom. The van der Waals surface area contributed by atoms with Gasteiger partial charge in [-0.1, -0.05) is 0 Å². The van der Waals surface area contributed by atoms with Gasteiger partial charge in [-0.15, -0.1) is 0 Å². The number of likely N-dealkylation sites (N-methyl/N-ethyl adjacent to an activating group) is 1. The molecule has 0 saturated carbocycles. The van der Waals surface area contributed by atoms with Crippen LogP contribution in [0.4, 0.5) is 13.2 Å². The Bertz CT molecular complexity index is 567.